The van der Waals surface area contributed by atoms with Crippen LogP contribution in [0.5, 0.6) is 0 Å². The molecule has 0 aliphatic heterocycles. The minimum Gasteiger partial charge on any atom is -0.356 e. The van der Waals surface area contributed by atoms with Gasteiger partial charge in [0.2, 0.25) is 5.91 Å². The molecule has 1 amide bonds. The van der Waals surface area contributed by atoms with Crippen LogP contribution in [0.25, 0.3) is 0 Å². The average Bonchev–Trinajstić information content (AvgIpc) is 2.58. The van der Waals surface area contributed by atoms with Crippen molar-refractivity contribution < 1.29 is 4.79 Å². The SMILES string of the molecule is CCCCCCCCC=CCCCCCCCC(=O)NCCCC. The van der Waals surface area contributed by atoms with Gasteiger partial charge in [-0.1, -0.05) is 83.8 Å². The van der Waals surface area contributed by atoms with E-state index in [1.165, 1.54) is 77.0 Å². The minimum absolute atomic E-state index is 0.237. The normalized spacial score (nSPS) is 11.2. The Bertz CT molecular complexity index is 286. The van der Waals surface area contributed by atoms with Crippen LogP contribution < -0.4 is 5.32 Å². The van der Waals surface area contributed by atoms with Gasteiger partial charge in [-0.25, -0.2) is 0 Å². The molecule has 0 aromatic rings. The highest BCUT2D eigenvalue weighted by Crippen LogP contribution is 2.09. The van der Waals surface area contributed by atoms with E-state index in [1.807, 2.05) is 0 Å². The van der Waals surface area contributed by atoms with Gasteiger partial charge in [0.15, 0.2) is 0 Å². The van der Waals surface area contributed by atoms with Crippen molar-refractivity contribution in [2.24, 2.45) is 0 Å². The summed E-state index contributed by atoms with van der Waals surface area (Å²) in [4.78, 5) is 11.5. The molecule has 0 atom stereocenters. The summed E-state index contributed by atoms with van der Waals surface area (Å²) in [6.45, 7) is 5.27. The Labute approximate surface area is 151 Å². The predicted octanol–water partition coefficient (Wildman–Crippen LogP) is 6.94. The van der Waals surface area contributed by atoms with Gasteiger partial charge in [-0.2, -0.15) is 0 Å². The van der Waals surface area contributed by atoms with Crippen molar-refractivity contribution in [2.45, 2.75) is 117 Å². The fourth-order valence-corrected chi connectivity index (χ4v) is 2.85. The molecular weight excluding hydrogens is 294 g/mol. The third-order valence-corrected chi connectivity index (χ3v) is 4.52. The van der Waals surface area contributed by atoms with E-state index >= 15 is 0 Å². The molecule has 0 aromatic carbocycles. The Morgan fingerprint density at radius 3 is 1.75 bits per heavy atom. The summed E-state index contributed by atoms with van der Waals surface area (Å²) in [5.41, 5.74) is 0. The lowest BCUT2D eigenvalue weighted by Gasteiger charge is -2.04. The fourth-order valence-electron chi connectivity index (χ4n) is 2.85. The Morgan fingerprint density at radius 2 is 1.17 bits per heavy atom. The molecule has 0 aliphatic rings. The molecule has 0 unspecified atom stereocenters. The smallest absolute Gasteiger partial charge is 0.219 e. The zero-order chi connectivity index (χ0) is 17.7. The highest BCUT2D eigenvalue weighted by molar-refractivity contribution is 5.75. The molecular formula is C22H43NO. The summed E-state index contributed by atoms with van der Waals surface area (Å²) in [5.74, 6) is 0.237. The first-order chi connectivity index (χ1) is 11.8. The van der Waals surface area contributed by atoms with Gasteiger partial charge in [0.1, 0.15) is 0 Å². The molecule has 2 nitrogen and oxygen atoms in total. The highest BCUT2D eigenvalue weighted by Gasteiger charge is 1.99. The second-order valence-corrected chi connectivity index (χ2v) is 7.04. The fraction of sp³-hybridized carbons (Fsp3) is 0.864. The van der Waals surface area contributed by atoms with Gasteiger partial charge in [0.25, 0.3) is 0 Å². The number of hydrogen-bond donors (Lipinski definition) is 1. The van der Waals surface area contributed by atoms with Crippen molar-refractivity contribution in [2.75, 3.05) is 6.54 Å². The largest absolute Gasteiger partial charge is 0.356 e. The number of nitrogens with one attached hydrogen (secondary N) is 1. The average molecular weight is 338 g/mol. The lowest BCUT2D eigenvalue weighted by atomic mass is 10.1. The number of unbranched alkanes of at least 4 members (excludes halogenated alkanes) is 12. The Balaban J connectivity index is 3.16. The Morgan fingerprint density at radius 1 is 0.667 bits per heavy atom. The van der Waals surface area contributed by atoms with E-state index in [-0.39, 0.29) is 5.91 Å². The van der Waals surface area contributed by atoms with Crippen molar-refractivity contribution >= 4 is 5.91 Å². The molecule has 24 heavy (non-hydrogen) atoms. The van der Waals surface area contributed by atoms with Gasteiger partial charge in [-0.3, -0.25) is 4.79 Å². The van der Waals surface area contributed by atoms with Crippen molar-refractivity contribution in [3.8, 4) is 0 Å². The van der Waals surface area contributed by atoms with Crippen LogP contribution in [-0.4, -0.2) is 12.5 Å². The van der Waals surface area contributed by atoms with E-state index in [9.17, 15) is 4.79 Å². The number of hydrogen-bond acceptors (Lipinski definition) is 1. The van der Waals surface area contributed by atoms with E-state index in [0.29, 0.717) is 6.42 Å². The number of rotatable bonds is 18. The van der Waals surface area contributed by atoms with Crippen LogP contribution in [0.3, 0.4) is 0 Å². The van der Waals surface area contributed by atoms with Crippen molar-refractivity contribution in [1.82, 2.24) is 5.32 Å². The zero-order valence-corrected chi connectivity index (χ0v) is 16.6. The number of carbonyl (C=O) groups is 1. The number of allylic oxidation sites excluding steroid dienone is 2. The third-order valence-electron chi connectivity index (χ3n) is 4.52. The van der Waals surface area contributed by atoms with Crippen LogP contribution in [0.15, 0.2) is 12.2 Å². The van der Waals surface area contributed by atoms with E-state index < -0.39 is 0 Å². The molecule has 2 heteroatoms. The topological polar surface area (TPSA) is 29.1 Å². The minimum atomic E-state index is 0.237. The maximum atomic E-state index is 11.5. The van der Waals surface area contributed by atoms with Gasteiger partial charge in [-0.05, 0) is 38.5 Å². The molecule has 0 fully saturated rings. The zero-order valence-electron chi connectivity index (χ0n) is 16.6. The van der Waals surface area contributed by atoms with Crippen LogP contribution in [0.1, 0.15) is 117 Å². The van der Waals surface area contributed by atoms with Crippen molar-refractivity contribution in [3.05, 3.63) is 12.2 Å². The molecule has 0 aromatic heterocycles. The van der Waals surface area contributed by atoms with Crippen molar-refractivity contribution in [3.63, 3.8) is 0 Å². The first kappa shape index (κ1) is 23.2. The van der Waals surface area contributed by atoms with Crippen LogP contribution in [0.4, 0.5) is 0 Å². The molecule has 0 saturated heterocycles. The summed E-state index contributed by atoms with van der Waals surface area (Å²) in [5, 5.41) is 2.99. The standard InChI is InChI=1S/C22H43NO/c1-3-5-7-8-9-10-11-12-13-14-15-16-17-18-19-20-22(24)23-21-6-4-2/h12-13H,3-11,14-21H2,1-2H3,(H,23,24). The maximum Gasteiger partial charge on any atom is 0.219 e. The van der Waals surface area contributed by atoms with E-state index in [1.54, 1.807) is 0 Å². The van der Waals surface area contributed by atoms with Crippen LogP contribution in [0, 0.1) is 0 Å². The third kappa shape index (κ3) is 19.3. The molecule has 0 spiro atoms. The van der Waals surface area contributed by atoms with Crippen LogP contribution in [0.2, 0.25) is 0 Å². The molecule has 0 rings (SSSR count). The van der Waals surface area contributed by atoms with Gasteiger partial charge in [0, 0.05) is 13.0 Å². The second kappa shape index (κ2) is 20.3. The quantitative estimate of drug-likeness (QED) is 0.213. The van der Waals surface area contributed by atoms with Gasteiger partial charge < -0.3 is 5.32 Å². The highest BCUT2D eigenvalue weighted by atomic mass is 16.1. The lowest BCUT2D eigenvalue weighted by molar-refractivity contribution is -0.121. The molecule has 0 saturated carbocycles. The van der Waals surface area contributed by atoms with Crippen LogP contribution in [-0.2, 0) is 4.79 Å². The molecule has 0 radical (unpaired) electrons. The summed E-state index contributed by atoms with van der Waals surface area (Å²) < 4.78 is 0. The van der Waals surface area contributed by atoms with Crippen molar-refractivity contribution in [1.29, 1.82) is 0 Å². The molecule has 0 aliphatic carbocycles. The lowest BCUT2D eigenvalue weighted by Crippen LogP contribution is -2.23. The predicted molar refractivity (Wildman–Crippen MR) is 107 cm³/mol. The summed E-state index contributed by atoms with van der Waals surface area (Å²) in [7, 11) is 0. The second-order valence-electron chi connectivity index (χ2n) is 7.04. The Hall–Kier alpha value is -0.790. The number of carbonyl (C=O) groups excluding carboxylic acids is 1. The maximum absolute atomic E-state index is 11.5. The molecule has 1 N–H and O–H groups in total. The van der Waals surface area contributed by atoms with Crippen LogP contribution >= 0.6 is 0 Å². The summed E-state index contributed by atoms with van der Waals surface area (Å²) in [6.07, 6.45) is 24.6. The molecule has 0 bridgehead atoms. The van der Waals surface area contributed by atoms with Gasteiger partial charge in [0.05, 0.1) is 0 Å². The monoisotopic (exact) mass is 337 g/mol. The van der Waals surface area contributed by atoms with E-state index in [4.69, 9.17) is 0 Å². The molecule has 0 heterocycles. The van der Waals surface area contributed by atoms with Gasteiger partial charge in [-0.15, -0.1) is 0 Å². The van der Waals surface area contributed by atoms with E-state index in [2.05, 4.69) is 31.3 Å². The summed E-state index contributed by atoms with van der Waals surface area (Å²) >= 11 is 0. The first-order valence-corrected chi connectivity index (χ1v) is 10.7. The molecule has 142 valence electrons. The van der Waals surface area contributed by atoms with Gasteiger partial charge >= 0.3 is 0 Å². The Kier molecular flexibility index (Phi) is 19.6. The number of amides is 1. The first-order valence-electron chi connectivity index (χ1n) is 10.7. The summed E-state index contributed by atoms with van der Waals surface area (Å²) in [6, 6.07) is 0. The van der Waals surface area contributed by atoms with E-state index in [0.717, 1.165) is 25.8 Å².